The van der Waals surface area contributed by atoms with E-state index in [9.17, 15) is 19.5 Å². The van der Waals surface area contributed by atoms with Crippen molar-refractivity contribution < 1.29 is 29.0 Å². The molecule has 9 heteroatoms. The molecule has 4 aromatic rings. The zero-order chi connectivity index (χ0) is 34.9. The lowest BCUT2D eigenvalue weighted by Gasteiger charge is -2.50. The lowest BCUT2D eigenvalue weighted by molar-refractivity contribution is -0.127. The topological polar surface area (TPSA) is 104 Å². The molecule has 4 aliphatic rings. The summed E-state index contributed by atoms with van der Waals surface area (Å²) in [7, 11) is 1.45. The molecule has 4 amide bonds. The molecule has 0 aromatic heterocycles. The summed E-state index contributed by atoms with van der Waals surface area (Å²) in [6.45, 7) is 3.80. The first kappa shape index (κ1) is 31.8. The number of hydrogen-bond acceptors (Lipinski definition) is 6. The van der Waals surface area contributed by atoms with Gasteiger partial charge in [0.2, 0.25) is 23.6 Å². The summed E-state index contributed by atoms with van der Waals surface area (Å²) in [5.41, 5.74) is 2.39. The van der Waals surface area contributed by atoms with Crippen molar-refractivity contribution in [3.05, 3.63) is 137 Å². The fourth-order valence-electron chi connectivity index (χ4n) is 9.01. The van der Waals surface area contributed by atoms with Crippen molar-refractivity contribution in [1.82, 2.24) is 0 Å². The van der Waals surface area contributed by atoms with Crippen molar-refractivity contribution in [2.75, 3.05) is 16.9 Å². The molecule has 250 valence electrons. The molecule has 8 nitrogen and oxygen atoms in total. The van der Waals surface area contributed by atoms with Crippen molar-refractivity contribution in [2.45, 2.75) is 24.2 Å². The lowest BCUT2D eigenvalue weighted by atomic mass is 9.49. The summed E-state index contributed by atoms with van der Waals surface area (Å²) in [4.78, 5) is 61.2. The van der Waals surface area contributed by atoms with Crippen LogP contribution >= 0.6 is 11.6 Å². The highest BCUT2D eigenvalue weighted by Gasteiger charge is 2.70. The molecular weight excluding hydrogens is 652 g/mol. The van der Waals surface area contributed by atoms with E-state index in [4.69, 9.17) is 16.3 Å². The highest BCUT2D eigenvalue weighted by molar-refractivity contribution is 6.32. The van der Waals surface area contributed by atoms with E-state index in [1.165, 1.54) is 23.0 Å². The van der Waals surface area contributed by atoms with Crippen LogP contribution in [0.15, 0.2) is 115 Å². The predicted molar refractivity (Wildman–Crippen MR) is 190 cm³/mol. The van der Waals surface area contributed by atoms with Gasteiger partial charge in [0, 0.05) is 10.9 Å². The number of phenols is 1. The summed E-state index contributed by atoms with van der Waals surface area (Å²) < 4.78 is 5.54. The van der Waals surface area contributed by atoms with E-state index in [1.807, 2.05) is 48.5 Å². The highest BCUT2D eigenvalue weighted by atomic mass is 35.5. The number of amides is 4. The Balaban J connectivity index is 1.35. The summed E-state index contributed by atoms with van der Waals surface area (Å²) in [6.07, 6.45) is 4.17. The Morgan fingerprint density at radius 1 is 0.840 bits per heavy atom. The molecule has 1 saturated carbocycles. The monoisotopic (exact) mass is 684 g/mol. The summed E-state index contributed by atoms with van der Waals surface area (Å²) >= 11 is 6.39. The van der Waals surface area contributed by atoms with Crippen LogP contribution in [0.25, 0.3) is 6.08 Å². The van der Waals surface area contributed by atoms with Gasteiger partial charge in [0.05, 0.1) is 41.7 Å². The van der Waals surface area contributed by atoms with Crippen molar-refractivity contribution in [3.63, 3.8) is 0 Å². The zero-order valence-electron chi connectivity index (χ0n) is 27.2. The maximum atomic E-state index is 15.3. The van der Waals surface area contributed by atoms with Gasteiger partial charge in [-0.3, -0.25) is 24.1 Å². The average Bonchev–Trinajstić information content (AvgIpc) is 3.53. The van der Waals surface area contributed by atoms with Crippen molar-refractivity contribution >= 4 is 52.7 Å². The van der Waals surface area contributed by atoms with Crippen LogP contribution < -0.4 is 14.5 Å². The van der Waals surface area contributed by atoms with Gasteiger partial charge in [-0.25, -0.2) is 4.90 Å². The number of benzene rings is 4. The van der Waals surface area contributed by atoms with E-state index < -0.39 is 46.8 Å². The van der Waals surface area contributed by atoms with Crippen LogP contribution in [0.5, 0.6) is 11.5 Å². The third-order valence-corrected chi connectivity index (χ3v) is 11.3. The van der Waals surface area contributed by atoms with Crippen molar-refractivity contribution in [1.29, 1.82) is 0 Å². The van der Waals surface area contributed by atoms with Crippen molar-refractivity contribution in [3.8, 4) is 11.5 Å². The third-order valence-electron chi connectivity index (χ3n) is 11.1. The number of allylic oxidation sites excluding steroid dienone is 2. The number of imide groups is 2. The Kier molecular flexibility index (Phi) is 7.53. The molecule has 1 N–H and O–H groups in total. The predicted octanol–water partition coefficient (Wildman–Crippen LogP) is 7.06. The van der Waals surface area contributed by atoms with Gasteiger partial charge >= 0.3 is 0 Å². The van der Waals surface area contributed by atoms with Gasteiger partial charge in [-0.2, -0.15) is 0 Å². The largest absolute Gasteiger partial charge is 0.504 e. The number of aromatic hydroxyl groups is 1. The molecule has 2 aliphatic carbocycles. The molecule has 6 unspecified atom stereocenters. The van der Waals surface area contributed by atoms with Gasteiger partial charge in [-0.05, 0) is 77.9 Å². The average molecular weight is 685 g/mol. The van der Waals surface area contributed by atoms with Gasteiger partial charge in [-0.15, -0.1) is 0 Å². The van der Waals surface area contributed by atoms with Crippen LogP contribution in [0.3, 0.4) is 0 Å². The van der Waals surface area contributed by atoms with Crippen LogP contribution in [0.4, 0.5) is 11.4 Å². The van der Waals surface area contributed by atoms with Crippen LogP contribution in [0, 0.1) is 23.7 Å². The number of ether oxygens (including phenoxy) is 1. The minimum atomic E-state index is -1.43. The smallest absolute Gasteiger partial charge is 0.246 e. The third kappa shape index (κ3) is 4.44. The normalized spacial score (nSPS) is 27.1. The number of rotatable bonds is 6. The molecule has 2 heterocycles. The number of methoxy groups -OCH3 is 1. The standard InChI is InChI=1S/C41H33ClN2O6/c1-3-23-12-15-27(16-13-23)43-37(46)30-18-17-29-31(35(30)39(43)48)22-32-38(47)44(28-11-7-10-26(42)21-28)40(49)41(32,25-8-5-4-6-9-25)36(29)24-14-19-33(45)34(20-24)50-2/h3-17,19-21,30-32,35-36,45H,1,18,22H2,2H3. The molecule has 2 aliphatic heterocycles. The quantitative estimate of drug-likeness (QED) is 0.172. The molecule has 2 saturated heterocycles. The molecule has 0 spiro atoms. The van der Waals surface area contributed by atoms with E-state index in [0.717, 1.165) is 11.1 Å². The van der Waals surface area contributed by atoms with E-state index in [2.05, 4.69) is 6.58 Å². The second kappa shape index (κ2) is 11.8. The number of anilines is 2. The number of carbonyl (C=O) groups is 4. The maximum Gasteiger partial charge on any atom is 0.246 e. The van der Waals surface area contributed by atoms with E-state index in [-0.39, 0.29) is 29.7 Å². The van der Waals surface area contributed by atoms with Crippen LogP contribution in [0.1, 0.15) is 35.4 Å². The van der Waals surface area contributed by atoms with Gasteiger partial charge in [0.25, 0.3) is 0 Å². The summed E-state index contributed by atoms with van der Waals surface area (Å²) in [5.74, 6) is -4.78. The van der Waals surface area contributed by atoms with Crippen LogP contribution in [-0.2, 0) is 24.6 Å². The Morgan fingerprint density at radius 3 is 2.30 bits per heavy atom. The first-order valence-corrected chi connectivity index (χ1v) is 16.9. The number of phenolic OH excluding ortho intramolecular Hbond substituents is 1. The molecule has 8 rings (SSSR count). The minimum absolute atomic E-state index is 0.0735. The fraction of sp³-hybridized carbons (Fsp3) is 0.220. The molecule has 50 heavy (non-hydrogen) atoms. The van der Waals surface area contributed by atoms with E-state index >= 15 is 4.79 Å². The molecule has 0 bridgehead atoms. The second-order valence-electron chi connectivity index (χ2n) is 13.3. The first-order valence-electron chi connectivity index (χ1n) is 16.6. The maximum absolute atomic E-state index is 15.3. The van der Waals surface area contributed by atoms with Gasteiger partial charge in [-0.1, -0.05) is 90.5 Å². The Hall–Kier alpha value is -5.47. The van der Waals surface area contributed by atoms with Gasteiger partial charge in [0.15, 0.2) is 11.5 Å². The fourth-order valence-corrected chi connectivity index (χ4v) is 9.19. The Bertz CT molecular complexity index is 2130. The molecule has 0 radical (unpaired) electrons. The number of nitrogens with zero attached hydrogens (tertiary/aromatic N) is 2. The van der Waals surface area contributed by atoms with Crippen LogP contribution in [-0.4, -0.2) is 35.8 Å². The van der Waals surface area contributed by atoms with Gasteiger partial charge < -0.3 is 9.84 Å². The SMILES string of the molecule is C=Cc1ccc(N2C(=O)C3CC=C4C(CC5C(=O)N(c6cccc(Cl)c6)C(=O)C5(c5ccccc5)C4c4ccc(O)c(OC)c4)C3C2=O)cc1. The summed E-state index contributed by atoms with van der Waals surface area (Å²) in [6, 6.07) is 28.0. The van der Waals surface area contributed by atoms with E-state index in [1.54, 1.807) is 54.6 Å². The molecular formula is C41H33ClN2O6. The minimum Gasteiger partial charge on any atom is -0.504 e. The van der Waals surface area contributed by atoms with Crippen molar-refractivity contribution in [2.24, 2.45) is 23.7 Å². The van der Waals surface area contributed by atoms with Gasteiger partial charge in [0.1, 0.15) is 0 Å². The number of halogens is 1. The zero-order valence-corrected chi connectivity index (χ0v) is 27.9. The molecule has 3 fully saturated rings. The molecule has 4 aromatic carbocycles. The highest BCUT2D eigenvalue weighted by Crippen LogP contribution is 2.64. The number of hydrogen-bond donors (Lipinski definition) is 1. The first-order chi connectivity index (χ1) is 24.2. The Labute approximate surface area is 294 Å². The second-order valence-corrected chi connectivity index (χ2v) is 13.8. The summed E-state index contributed by atoms with van der Waals surface area (Å²) in [5, 5.41) is 11.0. The lowest BCUT2D eigenvalue weighted by Crippen LogP contribution is -2.53. The van der Waals surface area contributed by atoms with E-state index in [0.29, 0.717) is 33.9 Å². The number of carbonyl (C=O) groups excluding carboxylic acids is 4. The number of fused-ring (bicyclic) bond motifs is 4. The molecule has 6 atom stereocenters. The Morgan fingerprint density at radius 2 is 1.60 bits per heavy atom. The van der Waals surface area contributed by atoms with Crippen LogP contribution in [0.2, 0.25) is 5.02 Å².